The summed E-state index contributed by atoms with van der Waals surface area (Å²) in [5.41, 5.74) is 2.14. The molecule has 1 atom stereocenters. The Morgan fingerprint density at radius 3 is 2.55 bits per heavy atom. The average Bonchev–Trinajstić information content (AvgIpc) is 2.73. The van der Waals surface area contributed by atoms with E-state index >= 15 is 0 Å². The minimum atomic E-state index is -0.241. The smallest absolute Gasteiger partial charge is 0.273 e. The summed E-state index contributed by atoms with van der Waals surface area (Å²) in [4.78, 5) is 12.3. The van der Waals surface area contributed by atoms with Crippen LogP contribution in [0.5, 0.6) is 0 Å². The van der Waals surface area contributed by atoms with Crippen LogP contribution in [0, 0.1) is 6.92 Å². The molecule has 1 unspecified atom stereocenters. The fraction of sp³-hybridized carbons (Fsp3) is 0.333. The van der Waals surface area contributed by atoms with Crippen molar-refractivity contribution >= 4 is 17.5 Å². The number of halogens is 1. The van der Waals surface area contributed by atoms with Crippen LogP contribution in [0.3, 0.4) is 0 Å². The Bertz CT molecular complexity index is 607. The van der Waals surface area contributed by atoms with Crippen molar-refractivity contribution in [2.75, 3.05) is 0 Å². The van der Waals surface area contributed by atoms with Crippen LogP contribution in [0.1, 0.15) is 41.1 Å². The van der Waals surface area contributed by atoms with Gasteiger partial charge in [-0.2, -0.15) is 5.10 Å². The number of carbonyl (C=O) groups is 1. The molecule has 0 fully saturated rings. The lowest BCUT2D eigenvalue weighted by Crippen LogP contribution is -2.28. The Labute approximate surface area is 123 Å². The second-order valence-electron chi connectivity index (χ2n) is 4.72. The number of nitrogens with one attached hydrogen (secondary N) is 1. The third-order valence-electron chi connectivity index (χ3n) is 3.39. The number of nitrogens with zero attached hydrogens (tertiary/aromatic N) is 2. The van der Waals surface area contributed by atoms with Crippen LogP contribution < -0.4 is 5.32 Å². The number of aryl methyl sites for hydroxylation is 1. The largest absolute Gasteiger partial charge is 0.344 e. The van der Waals surface area contributed by atoms with Gasteiger partial charge in [0.1, 0.15) is 0 Å². The van der Waals surface area contributed by atoms with Crippen LogP contribution in [-0.2, 0) is 7.05 Å². The second kappa shape index (κ2) is 6.09. The predicted molar refractivity (Wildman–Crippen MR) is 79.9 cm³/mol. The van der Waals surface area contributed by atoms with Crippen molar-refractivity contribution in [1.29, 1.82) is 0 Å². The lowest BCUT2D eigenvalue weighted by Gasteiger charge is -2.16. The summed E-state index contributed by atoms with van der Waals surface area (Å²) in [6.45, 7) is 3.86. The van der Waals surface area contributed by atoms with Gasteiger partial charge in [-0.1, -0.05) is 48.9 Å². The highest BCUT2D eigenvalue weighted by atomic mass is 35.5. The highest BCUT2D eigenvalue weighted by molar-refractivity contribution is 6.34. The van der Waals surface area contributed by atoms with Gasteiger partial charge in [0.25, 0.3) is 5.91 Å². The molecular formula is C15H18ClN3O. The zero-order valence-corrected chi connectivity index (χ0v) is 12.6. The maximum atomic E-state index is 12.3. The van der Waals surface area contributed by atoms with Crippen LogP contribution in [0.25, 0.3) is 0 Å². The zero-order valence-electron chi connectivity index (χ0n) is 11.9. The fourth-order valence-corrected chi connectivity index (χ4v) is 2.31. The van der Waals surface area contributed by atoms with Crippen LogP contribution in [0.4, 0.5) is 0 Å². The summed E-state index contributed by atoms with van der Waals surface area (Å²) in [6, 6.07) is 9.84. The van der Waals surface area contributed by atoms with E-state index in [4.69, 9.17) is 11.6 Å². The zero-order chi connectivity index (χ0) is 14.7. The van der Waals surface area contributed by atoms with Gasteiger partial charge in [0, 0.05) is 7.05 Å². The second-order valence-corrected chi connectivity index (χ2v) is 5.09. The van der Waals surface area contributed by atoms with E-state index in [-0.39, 0.29) is 17.6 Å². The summed E-state index contributed by atoms with van der Waals surface area (Å²) < 4.78 is 1.61. The first kappa shape index (κ1) is 14.6. The molecule has 1 aromatic heterocycles. The van der Waals surface area contributed by atoms with E-state index < -0.39 is 0 Å². The van der Waals surface area contributed by atoms with E-state index in [1.807, 2.05) is 44.2 Å². The number of aromatic nitrogens is 2. The lowest BCUT2D eigenvalue weighted by molar-refractivity contribution is 0.0930. The van der Waals surface area contributed by atoms with Crippen LogP contribution >= 0.6 is 11.6 Å². The van der Waals surface area contributed by atoms with Crippen molar-refractivity contribution in [2.24, 2.45) is 7.05 Å². The number of hydrogen-bond acceptors (Lipinski definition) is 2. The van der Waals surface area contributed by atoms with Crippen molar-refractivity contribution in [3.8, 4) is 0 Å². The molecule has 5 heteroatoms. The lowest BCUT2D eigenvalue weighted by atomic mass is 10.0. The summed E-state index contributed by atoms with van der Waals surface area (Å²) in [5.74, 6) is -0.241. The molecule has 0 bridgehead atoms. The molecule has 2 rings (SSSR count). The van der Waals surface area contributed by atoms with Gasteiger partial charge in [-0.15, -0.1) is 0 Å². The van der Waals surface area contributed by atoms with Gasteiger partial charge in [-0.25, -0.2) is 0 Å². The molecule has 0 aliphatic rings. The molecule has 0 aliphatic carbocycles. The topological polar surface area (TPSA) is 46.9 Å². The van der Waals surface area contributed by atoms with Crippen LogP contribution in [0.15, 0.2) is 30.3 Å². The van der Waals surface area contributed by atoms with Gasteiger partial charge in [0.2, 0.25) is 0 Å². The fourth-order valence-electron chi connectivity index (χ4n) is 2.06. The van der Waals surface area contributed by atoms with Crippen LogP contribution in [-0.4, -0.2) is 15.7 Å². The summed E-state index contributed by atoms with van der Waals surface area (Å²) >= 11 is 6.14. The maximum Gasteiger partial charge on any atom is 0.273 e. The minimum Gasteiger partial charge on any atom is -0.344 e. The molecule has 0 saturated heterocycles. The highest BCUT2D eigenvalue weighted by Gasteiger charge is 2.21. The molecule has 1 aromatic carbocycles. The highest BCUT2D eigenvalue weighted by Crippen LogP contribution is 2.21. The van der Waals surface area contributed by atoms with E-state index in [1.165, 1.54) is 0 Å². The van der Waals surface area contributed by atoms with Crippen molar-refractivity contribution in [3.63, 3.8) is 0 Å². The maximum absolute atomic E-state index is 12.3. The van der Waals surface area contributed by atoms with E-state index in [2.05, 4.69) is 10.4 Å². The molecule has 106 valence electrons. The van der Waals surface area contributed by atoms with Gasteiger partial charge < -0.3 is 5.32 Å². The van der Waals surface area contributed by atoms with E-state index in [0.717, 1.165) is 17.7 Å². The Kier molecular flexibility index (Phi) is 4.45. The average molecular weight is 292 g/mol. The quantitative estimate of drug-likeness (QED) is 0.940. The van der Waals surface area contributed by atoms with E-state index in [9.17, 15) is 4.79 Å². The summed E-state index contributed by atoms with van der Waals surface area (Å²) in [5, 5.41) is 7.55. The van der Waals surface area contributed by atoms with Crippen molar-refractivity contribution < 1.29 is 4.79 Å². The first-order valence-electron chi connectivity index (χ1n) is 6.59. The molecule has 1 N–H and O–H groups in total. The van der Waals surface area contributed by atoms with Crippen molar-refractivity contribution in [3.05, 3.63) is 52.3 Å². The van der Waals surface area contributed by atoms with Crippen molar-refractivity contribution in [1.82, 2.24) is 15.1 Å². The number of hydrogen-bond donors (Lipinski definition) is 1. The van der Waals surface area contributed by atoms with Gasteiger partial charge in [-0.05, 0) is 18.9 Å². The minimum absolute atomic E-state index is 0.0397. The Morgan fingerprint density at radius 2 is 2.05 bits per heavy atom. The van der Waals surface area contributed by atoms with E-state index in [1.54, 1.807) is 11.7 Å². The van der Waals surface area contributed by atoms with Gasteiger partial charge in [0.15, 0.2) is 5.69 Å². The molecule has 2 aromatic rings. The van der Waals surface area contributed by atoms with Gasteiger partial charge in [0.05, 0.1) is 16.8 Å². The normalized spacial score (nSPS) is 12.2. The number of rotatable bonds is 4. The first-order chi connectivity index (χ1) is 9.54. The molecular weight excluding hydrogens is 274 g/mol. The third-order valence-corrected chi connectivity index (χ3v) is 3.84. The van der Waals surface area contributed by atoms with Gasteiger partial charge >= 0.3 is 0 Å². The number of benzene rings is 1. The van der Waals surface area contributed by atoms with Gasteiger partial charge in [-0.3, -0.25) is 9.48 Å². The molecule has 4 nitrogen and oxygen atoms in total. The van der Waals surface area contributed by atoms with Crippen LogP contribution in [0.2, 0.25) is 5.02 Å². The monoisotopic (exact) mass is 291 g/mol. The summed E-state index contributed by atoms with van der Waals surface area (Å²) in [6.07, 6.45) is 0.805. The molecule has 20 heavy (non-hydrogen) atoms. The number of amides is 1. The molecule has 1 heterocycles. The SMILES string of the molecule is CCC(NC(=O)c1nn(C)c(C)c1Cl)c1ccccc1. The number of carbonyl (C=O) groups excluding carboxylic acids is 1. The molecule has 0 aliphatic heterocycles. The third kappa shape index (κ3) is 2.85. The molecule has 1 amide bonds. The molecule has 0 saturated carbocycles. The first-order valence-corrected chi connectivity index (χ1v) is 6.97. The predicted octanol–water partition coefficient (Wildman–Crippen LogP) is 3.26. The summed E-state index contributed by atoms with van der Waals surface area (Å²) in [7, 11) is 1.77. The molecule has 0 spiro atoms. The van der Waals surface area contributed by atoms with E-state index in [0.29, 0.717) is 5.02 Å². The molecule has 0 radical (unpaired) electrons. The Morgan fingerprint density at radius 1 is 1.40 bits per heavy atom. The Balaban J connectivity index is 2.20. The standard InChI is InChI=1S/C15H18ClN3O/c1-4-12(11-8-6-5-7-9-11)17-15(20)14-13(16)10(2)19(3)18-14/h5-9,12H,4H2,1-3H3,(H,17,20). The Hall–Kier alpha value is -1.81. The van der Waals surface area contributed by atoms with Crippen molar-refractivity contribution in [2.45, 2.75) is 26.3 Å².